The van der Waals surface area contributed by atoms with E-state index in [0.717, 1.165) is 24.2 Å². The highest BCUT2D eigenvalue weighted by molar-refractivity contribution is 5.58. The molecule has 5 nitrogen and oxygen atoms in total. The van der Waals surface area contributed by atoms with Crippen molar-refractivity contribution >= 4 is 11.4 Å². The number of hydrogen-bond donors (Lipinski definition) is 1. The van der Waals surface area contributed by atoms with Gasteiger partial charge in [-0.05, 0) is 50.8 Å². The normalized spacial score (nSPS) is 23.4. The summed E-state index contributed by atoms with van der Waals surface area (Å²) in [6.07, 6.45) is 2.29. The van der Waals surface area contributed by atoms with Gasteiger partial charge in [-0.25, -0.2) is 0 Å². The Kier molecular flexibility index (Phi) is 4.04. The summed E-state index contributed by atoms with van der Waals surface area (Å²) in [5.41, 5.74) is 7.98. The lowest BCUT2D eigenvalue weighted by Gasteiger charge is -2.40. The predicted octanol–water partition coefficient (Wildman–Crippen LogP) is 2.47. The first kappa shape index (κ1) is 13.8. The summed E-state index contributed by atoms with van der Waals surface area (Å²) in [6.45, 7) is 5.78. The van der Waals surface area contributed by atoms with Gasteiger partial charge in [-0.3, -0.25) is 10.1 Å². The summed E-state index contributed by atoms with van der Waals surface area (Å²) >= 11 is 0. The van der Waals surface area contributed by atoms with E-state index in [0.29, 0.717) is 18.5 Å². The largest absolute Gasteiger partial charge is 0.368 e. The molecule has 2 rings (SSSR count). The molecule has 2 unspecified atom stereocenters. The van der Waals surface area contributed by atoms with Gasteiger partial charge in [0.2, 0.25) is 0 Å². The third-order valence-corrected chi connectivity index (χ3v) is 4.01. The van der Waals surface area contributed by atoms with Crippen molar-refractivity contribution in [2.24, 2.45) is 11.7 Å². The molecule has 0 amide bonds. The van der Waals surface area contributed by atoms with Crippen molar-refractivity contribution in [1.82, 2.24) is 0 Å². The molecule has 0 aliphatic carbocycles. The second-order valence-electron chi connectivity index (χ2n) is 5.41. The molecule has 2 N–H and O–H groups in total. The van der Waals surface area contributed by atoms with E-state index in [-0.39, 0.29) is 10.6 Å². The van der Waals surface area contributed by atoms with Gasteiger partial charge in [0.15, 0.2) is 0 Å². The van der Waals surface area contributed by atoms with Crippen molar-refractivity contribution in [3.05, 3.63) is 33.9 Å². The van der Waals surface area contributed by atoms with E-state index in [1.165, 1.54) is 6.42 Å². The second kappa shape index (κ2) is 5.57. The Morgan fingerprint density at radius 3 is 2.79 bits per heavy atom. The van der Waals surface area contributed by atoms with Crippen LogP contribution in [0.25, 0.3) is 0 Å². The van der Waals surface area contributed by atoms with Gasteiger partial charge in [0.1, 0.15) is 0 Å². The Bertz CT molecular complexity index is 476. The number of anilines is 1. The van der Waals surface area contributed by atoms with Crippen LogP contribution in [0.15, 0.2) is 18.2 Å². The lowest BCUT2D eigenvalue weighted by atomic mass is 9.92. The molecule has 104 valence electrons. The molecule has 2 atom stereocenters. The van der Waals surface area contributed by atoms with E-state index in [1.54, 1.807) is 12.1 Å². The van der Waals surface area contributed by atoms with Crippen LogP contribution in [0.3, 0.4) is 0 Å². The van der Waals surface area contributed by atoms with Crippen molar-refractivity contribution in [3.63, 3.8) is 0 Å². The highest BCUT2D eigenvalue weighted by Gasteiger charge is 2.26. The Morgan fingerprint density at radius 1 is 1.47 bits per heavy atom. The Labute approximate surface area is 113 Å². The molecule has 1 aliphatic heterocycles. The van der Waals surface area contributed by atoms with Crippen LogP contribution in [0.5, 0.6) is 0 Å². The molecule has 1 heterocycles. The molecule has 1 aromatic rings. The van der Waals surface area contributed by atoms with Gasteiger partial charge in [0.05, 0.1) is 4.92 Å². The number of nitrogens with zero attached hydrogens (tertiary/aromatic N) is 2. The van der Waals surface area contributed by atoms with Crippen LogP contribution in [-0.2, 0) is 0 Å². The number of hydrogen-bond acceptors (Lipinski definition) is 4. The minimum absolute atomic E-state index is 0.154. The van der Waals surface area contributed by atoms with Gasteiger partial charge >= 0.3 is 0 Å². The summed E-state index contributed by atoms with van der Waals surface area (Å²) in [5, 5.41) is 10.8. The Balaban J connectivity index is 2.27. The van der Waals surface area contributed by atoms with E-state index in [1.807, 2.05) is 13.0 Å². The number of non-ortho nitro benzene ring substituents is 1. The molecule has 0 aromatic heterocycles. The van der Waals surface area contributed by atoms with Gasteiger partial charge in [-0.2, -0.15) is 0 Å². The van der Waals surface area contributed by atoms with Gasteiger partial charge in [-0.15, -0.1) is 0 Å². The third-order valence-electron chi connectivity index (χ3n) is 4.01. The number of aryl methyl sites for hydroxylation is 1. The Hall–Kier alpha value is -1.62. The lowest BCUT2D eigenvalue weighted by Crippen LogP contribution is -2.44. The molecule has 1 aromatic carbocycles. The van der Waals surface area contributed by atoms with Crippen LogP contribution in [0, 0.1) is 23.0 Å². The first-order chi connectivity index (χ1) is 9.02. The highest BCUT2D eigenvalue weighted by atomic mass is 16.6. The van der Waals surface area contributed by atoms with E-state index in [4.69, 9.17) is 5.73 Å². The monoisotopic (exact) mass is 263 g/mol. The van der Waals surface area contributed by atoms with Gasteiger partial charge < -0.3 is 10.6 Å². The topological polar surface area (TPSA) is 72.4 Å². The zero-order valence-electron chi connectivity index (χ0n) is 11.5. The average Bonchev–Trinajstić information content (AvgIpc) is 2.39. The quantitative estimate of drug-likeness (QED) is 0.671. The first-order valence-electron chi connectivity index (χ1n) is 6.74. The SMILES string of the molecule is Cc1cc([N+](=O)[O-])ccc1N1CC(CN)CCC1C. The fourth-order valence-electron chi connectivity index (χ4n) is 2.79. The minimum atomic E-state index is -0.348. The molecule has 19 heavy (non-hydrogen) atoms. The summed E-state index contributed by atoms with van der Waals surface area (Å²) in [4.78, 5) is 12.8. The number of benzene rings is 1. The maximum atomic E-state index is 10.8. The Morgan fingerprint density at radius 2 is 2.21 bits per heavy atom. The molecular weight excluding hydrogens is 242 g/mol. The average molecular weight is 263 g/mol. The van der Waals surface area contributed by atoms with Crippen molar-refractivity contribution in [2.75, 3.05) is 18.0 Å². The maximum absolute atomic E-state index is 10.8. The number of nitrogens with two attached hydrogens (primary N) is 1. The molecule has 5 heteroatoms. The summed E-state index contributed by atoms with van der Waals surface area (Å²) in [7, 11) is 0. The molecule has 0 spiro atoms. The molecule has 0 bridgehead atoms. The number of piperidine rings is 1. The van der Waals surface area contributed by atoms with Crippen molar-refractivity contribution < 1.29 is 4.92 Å². The molecule has 0 radical (unpaired) electrons. The first-order valence-corrected chi connectivity index (χ1v) is 6.74. The predicted molar refractivity (Wildman–Crippen MR) is 76.4 cm³/mol. The smallest absolute Gasteiger partial charge is 0.269 e. The standard InChI is InChI=1S/C14H21N3O2/c1-10-7-13(17(18)19)5-6-14(10)16-9-12(8-15)4-3-11(16)2/h5-7,11-12H,3-4,8-9,15H2,1-2H3. The van der Waals surface area contributed by atoms with Crippen molar-refractivity contribution in [1.29, 1.82) is 0 Å². The molecule has 1 fully saturated rings. The van der Waals surface area contributed by atoms with Crippen molar-refractivity contribution in [3.8, 4) is 0 Å². The maximum Gasteiger partial charge on any atom is 0.269 e. The number of nitro benzene ring substituents is 1. The molecule has 0 saturated carbocycles. The minimum Gasteiger partial charge on any atom is -0.368 e. The van der Waals surface area contributed by atoms with Crippen LogP contribution >= 0.6 is 0 Å². The molecule has 1 aliphatic rings. The third kappa shape index (κ3) is 2.87. The van der Waals surface area contributed by atoms with Crippen LogP contribution in [0.1, 0.15) is 25.3 Å². The molecular formula is C14H21N3O2. The van der Waals surface area contributed by atoms with Crippen molar-refractivity contribution in [2.45, 2.75) is 32.7 Å². The van der Waals surface area contributed by atoms with Gasteiger partial charge in [0, 0.05) is 30.4 Å². The van der Waals surface area contributed by atoms with Crippen LogP contribution in [0.4, 0.5) is 11.4 Å². The fourth-order valence-corrected chi connectivity index (χ4v) is 2.79. The van der Waals surface area contributed by atoms with Crippen LogP contribution in [0.2, 0.25) is 0 Å². The fraction of sp³-hybridized carbons (Fsp3) is 0.571. The van der Waals surface area contributed by atoms with E-state index in [9.17, 15) is 10.1 Å². The number of rotatable bonds is 3. The summed E-state index contributed by atoms with van der Waals surface area (Å²) in [6, 6.07) is 5.56. The van der Waals surface area contributed by atoms with E-state index >= 15 is 0 Å². The summed E-state index contributed by atoms with van der Waals surface area (Å²) in [5.74, 6) is 0.519. The summed E-state index contributed by atoms with van der Waals surface area (Å²) < 4.78 is 0. The van der Waals surface area contributed by atoms with Crippen LogP contribution in [-0.4, -0.2) is 24.1 Å². The van der Waals surface area contributed by atoms with E-state index < -0.39 is 0 Å². The number of nitro groups is 1. The highest BCUT2D eigenvalue weighted by Crippen LogP contribution is 2.31. The lowest BCUT2D eigenvalue weighted by molar-refractivity contribution is -0.384. The zero-order valence-corrected chi connectivity index (χ0v) is 11.5. The van der Waals surface area contributed by atoms with Gasteiger partial charge in [0.25, 0.3) is 5.69 Å². The second-order valence-corrected chi connectivity index (χ2v) is 5.41. The van der Waals surface area contributed by atoms with E-state index in [2.05, 4.69) is 11.8 Å². The molecule has 1 saturated heterocycles. The van der Waals surface area contributed by atoms with Crippen LogP contribution < -0.4 is 10.6 Å². The zero-order chi connectivity index (χ0) is 14.0. The van der Waals surface area contributed by atoms with Gasteiger partial charge in [-0.1, -0.05) is 0 Å².